The van der Waals surface area contributed by atoms with Gasteiger partial charge in [0, 0.05) is 12.6 Å². The molecular weight excluding hydrogens is 230 g/mol. The molecule has 3 N–H and O–H groups in total. The van der Waals surface area contributed by atoms with Gasteiger partial charge in [-0.3, -0.25) is 19.7 Å². The summed E-state index contributed by atoms with van der Waals surface area (Å²) in [6.45, 7) is 1.42. The molecule has 1 amide bonds. The predicted octanol–water partition coefficient (Wildman–Crippen LogP) is -0.606. The Morgan fingerprint density at radius 3 is 2.88 bits per heavy atom. The number of nitro groups is 1. The molecule has 0 aromatic carbocycles. The third-order valence-corrected chi connectivity index (χ3v) is 1.90. The van der Waals surface area contributed by atoms with E-state index in [9.17, 15) is 19.7 Å². The van der Waals surface area contributed by atoms with Gasteiger partial charge in [-0.2, -0.15) is 0 Å². The van der Waals surface area contributed by atoms with Crippen LogP contribution in [0.25, 0.3) is 0 Å². The first-order chi connectivity index (χ1) is 7.91. The van der Waals surface area contributed by atoms with E-state index in [1.54, 1.807) is 0 Å². The molecule has 0 bridgehead atoms. The number of carbonyl (C=O) groups is 1. The number of pyridine rings is 1. The lowest BCUT2D eigenvalue weighted by Gasteiger charge is -2.06. The van der Waals surface area contributed by atoms with Crippen LogP contribution in [0.1, 0.15) is 17.3 Å². The molecule has 17 heavy (non-hydrogen) atoms. The minimum Gasteiger partial charge on any atom is -0.392 e. The fraction of sp³-hybridized carbons (Fsp3) is 0.333. The third kappa shape index (κ3) is 3.38. The van der Waals surface area contributed by atoms with E-state index in [2.05, 4.69) is 10.3 Å². The van der Waals surface area contributed by atoms with Crippen LogP contribution in [-0.4, -0.2) is 33.6 Å². The van der Waals surface area contributed by atoms with E-state index < -0.39 is 22.5 Å². The minimum atomic E-state index is -0.768. The zero-order chi connectivity index (χ0) is 13.0. The Balaban J connectivity index is 2.96. The standard InChI is InChI=1S/C9H11N3O5/c1-5(13)3-10-8(14)7-2-6(12(16)17)4-11-9(7)15/h2,4-5,13H,3H2,1H3,(H,10,14)(H,11,15)/t5-/m1/s1. The van der Waals surface area contributed by atoms with Crippen LogP contribution in [-0.2, 0) is 0 Å². The number of aromatic nitrogens is 1. The van der Waals surface area contributed by atoms with Crippen LogP contribution in [0.3, 0.4) is 0 Å². The molecule has 0 spiro atoms. The first-order valence-electron chi connectivity index (χ1n) is 4.75. The summed E-state index contributed by atoms with van der Waals surface area (Å²) in [5, 5.41) is 21.7. The molecular formula is C9H11N3O5. The second-order valence-corrected chi connectivity index (χ2v) is 3.42. The van der Waals surface area contributed by atoms with Crippen LogP contribution in [0.2, 0.25) is 0 Å². The van der Waals surface area contributed by atoms with E-state index in [1.165, 1.54) is 6.92 Å². The van der Waals surface area contributed by atoms with Crippen molar-refractivity contribution >= 4 is 11.6 Å². The Morgan fingerprint density at radius 2 is 2.35 bits per heavy atom. The number of hydrogen-bond acceptors (Lipinski definition) is 5. The highest BCUT2D eigenvalue weighted by atomic mass is 16.6. The van der Waals surface area contributed by atoms with Crippen LogP contribution in [0, 0.1) is 10.1 Å². The predicted molar refractivity (Wildman–Crippen MR) is 57.7 cm³/mol. The topological polar surface area (TPSA) is 125 Å². The van der Waals surface area contributed by atoms with Crippen molar-refractivity contribution in [2.75, 3.05) is 6.54 Å². The van der Waals surface area contributed by atoms with Gasteiger partial charge >= 0.3 is 0 Å². The summed E-state index contributed by atoms with van der Waals surface area (Å²) in [4.78, 5) is 34.6. The first-order valence-corrected chi connectivity index (χ1v) is 4.75. The smallest absolute Gasteiger partial charge is 0.286 e. The van der Waals surface area contributed by atoms with Gasteiger partial charge in [0.1, 0.15) is 5.56 Å². The van der Waals surface area contributed by atoms with Crippen molar-refractivity contribution < 1.29 is 14.8 Å². The Hall–Kier alpha value is -2.22. The summed E-state index contributed by atoms with van der Waals surface area (Å²) in [6, 6.07) is 0.885. The number of nitrogens with zero attached hydrogens (tertiary/aromatic N) is 1. The normalized spacial score (nSPS) is 11.9. The number of aromatic amines is 1. The van der Waals surface area contributed by atoms with Crippen LogP contribution in [0.15, 0.2) is 17.1 Å². The molecule has 0 fully saturated rings. The van der Waals surface area contributed by atoms with Crippen molar-refractivity contribution in [3.05, 3.63) is 38.3 Å². The van der Waals surface area contributed by atoms with Crippen molar-refractivity contribution in [3.63, 3.8) is 0 Å². The Kier molecular flexibility index (Phi) is 3.94. The molecule has 0 aliphatic carbocycles. The van der Waals surface area contributed by atoms with Crippen molar-refractivity contribution in [2.24, 2.45) is 0 Å². The van der Waals surface area contributed by atoms with E-state index in [0.29, 0.717) is 0 Å². The van der Waals surface area contributed by atoms with E-state index >= 15 is 0 Å². The average molecular weight is 241 g/mol. The molecule has 1 aromatic rings. The molecule has 0 saturated carbocycles. The number of aliphatic hydroxyl groups excluding tert-OH is 1. The number of nitrogens with one attached hydrogen (secondary N) is 2. The van der Waals surface area contributed by atoms with Gasteiger partial charge in [0.25, 0.3) is 17.2 Å². The van der Waals surface area contributed by atoms with Gasteiger partial charge in [0.05, 0.1) is 17.2 Å². The highest BCUT2D eigenvalue weighted by Crippen LogP contribution is 2.07. The fourth-order valence-electron chi connectivity index (χ4n) is 1.08. The van der Waals surface area contributed by atoms with Gasteiger partial charge in [0.2, 0.25) is 0 Å². The number of rotatable bonds is 4. The molecule has 0 saturated heterocycles. The Morgan fingerprint density at radius 1 is 1.71 bits per heavy atom. The van der Waals surface area contributed by atoms with E-state index in [0.717, 1.165) is 12.3 Å². The highest BCUT2D eigenvalue weighted by Gasteiger charge is 2.15. The second-order valence-electron chi connectivity index (χ2n) is 3.42. The lowest BCUT2D eigenvalue weighted by molar-refractivity contribution is -0.385. The quantitative estimate of drug-likeness (QED) is 0.479. The monoisotopic (exact) mass is 241 g/mol. The van der Waals surface area contributed by atoms with Crippen LogP contribution in [0.5, 0.6) is 0 Å². The van der Waals surface area contributed by atoms with Gasteiger partial charge in [-0.1, -0.05) is 0 Å². The van der Waals surface area contributed by atoms with Crippen molar-refractivity contribution in [1.82, 2.24) is 10.3 Å². The van der Waals surface area contributed by atoms with E-state index in [4.69, 9.17) is 5.11 Å². The van der Waals surface area contributed by atoms with Gasteiger partial charge in [-0.25, -0.2) is 0 Å². The maximum Gasteiger partial charge on any atom is 0.286 e. The molecule has 1 atom stereocenters. The summed E-state index contributed by atoms with van der Waals surface area (Å²) in [6.07, 6.45) is 0.144. The van der Waals surface area contributed by atoms with Gasteiger partial charge in [-0.05, 0) is 6.92 Å². The minimum absolute atomic E-state index is 0.0407. The SMILES string of the molecule is C[C@@H](O)CNC(=O)c1cc([N+](=O)[O-])c[nH]c1=O. The number of H-pyrrole nitrogens is 1. The summed E-state index contributed by atoms with van der Waals surface area (Å²) >= 11 is 0. The number of hydrogen-bond donors (Lipinski definition) is 3. The zero-order valence-corrected chi connectivity index (χ0v) is 8.97. The lowest BCUT2D eigenvalue weighted by atomic mass is 10.2. The molecule has 0 aliphatic heterocycles. The second kappa shape index (κ2) is 5.21. The number of amides is 1. The highest BCUT2D eigenvalue weighted by molar-refractivity contribution is 5.94. The molecule has 1 rings (SSSR count). The molecule has 1 aromatic heterocycles. The summed E-state index contributed by atoms with van der Waals surface area (Å²) in [7, 11) is 0. The molecule has 1 heterocycles. The third-order valence-electron chi connectivity index (χ3n) is 1.90. The fourth-order valence-corrected chi connectivity index (χ4v) is 1.08. The summed E-state index contributed by atoms with van der Waals surface area (Å²) < 4.78 is 0. The number of carbonyl (C=O) groups excluding carboxylic acids is 1. The molecule has 0 radical (unpaired) electrons. The van der Waals surface area contributed by atoms with Crippen LogP contribution >= 0.6 is 0 Å². The van der Waals surface area contributed by atoms with Crippen molar-refractivity contribution in [2.45, 2.75) is 13.0 Å². The Bertz CT molecular complexity index is 494. The zero-order valence-electron chi connectivity index (χ0n) is 8.97. The van der Waals surface area contributed by atoms with Crippen molar-refractivity contribution in [1.29, 1.82) is 0 Å². The maximum absolute atomic E-state index is 11.5. The molecule has 0 unspecified atom stereocenters. The molecule has 8 heteroatoms. The summed E-state index contributed by atoms with van der Waals surface area (Å²) in [5.74, 6) is -0.768. The van der Waals surface area contributed by atoms with E-state index in [1.807, 2.05) is 0 Å². The first kappa shape index (κ1) is 12.8. The maximum atomic E-state index is 11.5. The van der Waals surface area contributed by atoms with Crippen LogP contribution in [0.4, 0.5) is 5.69 Å². The average Bonchev–Trinajstić information content (AvgIpc) is 2.26. The van der Waals surface area contributed by atoms with Gasteiger partial charge in [-0.15, -0.1) is 0 Å². The molecule has 92 valence electrons. The largest absolute Gasteiger partial charge is 0.392 e. The van der Waals surface area contributed by atoms with Gasteiger partial charge in [0.15, 0.2) is 0 Å². The summed E-state index contributed by atoms with van der Waals surface area (Å²) in [5.41, 5.74) is -1.47. The van der Waals surface area contributed by atoms with E-state index in [-0.39, 0.29) is 17.8 Å². The number of aliphatic hydroxyl groups is 1. The van der Waals surface area contributed by atoms with Gasteiger partial charge < -0.3 is 15.4 Å². The van der Waals surface area contributed by atoms with Crippen molar-refractivity contribution in [3.8, 4) is 0 Å². The lowest BCUT2D eigenvalue weighted by Crippen LogP contribution is -2.34. The molecule has 8 nitrogen and oxygen atoms in total. The Labute approximate surface area is 95.4 Å². The van der Waals surface area contributed by atoms with Crippen LogP contribution < -0.4 is 10.9 Å². The molecule has 0 aliphatic rings.